The van der Waals surface area contributed by atoms with Gasteiger partial charge < -0.3 is 10.4 Å². The number of nitrogens with one attached hydrogen (secondary N) is 1. The number of Topliss-reactive ketones (excluding diaryl/α,β-unsaturated/α-hetero) is 1. The van der Waals surface area contributed by atoms with Crippen LogP contribution in [0.1, 0.15) is 20.7 Å². The molecule has 0 bridgehead atoms. The van der Waals surface area contributed by atoms with Crippen molar-refractivity contribution in [3.8, 4) is 5.75 Å². The highest BCUT2D eigenvalue weighted by atomic mass is 79.9. The number of rotatable bonds is 4. The third kappa shape index (κ3) is 3.45. The van der Waals surface area contributed by atoms with E-state index in [0.717, 1.165) is 0 Å². The van der Waals surface area contributed by atoms with Crippen molar-refractivity contribution in [1.29, 1.82) is 0 Å². The van der Waals surface area contributed by atoms with Crippen molar-refractivity contribution in [3.05, 3.63) is 64.1 Å². The van der Waals surface area contributed by atoms with Crippen LogP contribution >= 0.6 is 15.9 Å². The van der Waals surface area contributed by atoms with E-state index >= 15 is 0 Å². The minimum Gasteiger partial charge on any atom is -0.507 e. The van der Waals surface area contributed by atoms with Crippen molar-refractivity contribution in [1.82, 2.24) is 5.32 Å². The highest BCUT2D eigenvalue weighted by Gasteiger charge is 2.13. The van der Waals surface area contributed by atoms with Crippen molar-refractivity contribution in [2.75, 3.05) is 6.54 Å². The fraction of sp³-hybridized carbons (Fsp3) is 0.0667. The Morgan fingerprint density at radius 1 is 1.10 bits per heavy atom. The molecule has 0 unspecified atom stereocenters. The van der Waals surface area contributed by atoms with E-state index in [-0.39, 0.29) is 23.6 Å². The first-order valence-electron chi connectivity index (χ1n) is 5.93. The van der Waals surface area contributed by atoms with Gasteiger partial charge in [0.05, 0.1) is 12.1 Å². The smallest absolute Gasteiger partial charge is 0.255 e. The van der Waals surface area contributed by atoms with Crippen molar-refractivity contribution in [3.63, 3.8) is 0 Å². The van der Waals surface area contributed by atoms with Gasteiger partial charge in [-0.05, 0) is 18.2 Å². The van der Waals surface area contributed by atoms with Crippen LogP contribution in [-0.4, -0.2) is 23.3 Å². The van der Waals surface area contributed by atoms with Crippen molar-refractivity contribution in [2.24, 2.45) is 0 Å². The molecule has 0 heterocycles. The molecule has 0 radical (unpaired) electrons. The van der Waals surface area contributed by atoms with E-state index in [9.17, 15) is 14.7 Å². The van der Waals surface area contributed by atoms with Crippen LogP contribution in [0.25, 0.3) is 0 Å². The van der Waals surface area contributed by atoms with Crippen LogP contribution in [0.3, 0.4) is 0 Å². The maximum absolute atomic E-state index is 11.9. The Morgan fingerprint density at radius 3 is 2.50 bits per heavy atom. The highest BCUT2D eigenvalue weighted by molar-refractivity contribution is 9.10. The Bertz CT molecular complexity index is 641. The van der Waals surface area contributed by atoms with Gasteiger partial charge in [-0.15, -0.1) is 0 Å². The van der Waals surface area contributed by atoms with E-state index in [0.29, 0.717) is 10.0 Å². The zero-order chi connectivity index (χ0) is 14.5. The van der Waals surface area contributed by atoms with Crippen LogP contribution in [0.4, 0.5) is 0 Å². The first kappa shape index (κ1) is 14.3. The molecule has 0 aliphatic carbocycles. The summed E-state index contributed by atoms with van der Waals surface area (Å²) in [4.78, 5) is 23.8. The van der Waals surface area contributed by atoms with Crippen molar-refractivity contribution >= 4 is 27.6 Å². The monoisotopic (exact) mass is 333 g/mol. The number of benzene rings is 2. The van der Waals surface area contributed by atoms with Crippen LogP contribution in [0.15, 0.2) is 53.0 Å². The van der Waals surface area contributed by atoms with Crippen LogP contribution in [0, 0.1) is 0 Å². The zero-order valence-electron chi connectivity index (χ0n) is 10.5. The molecule has 0 fully saturated rings. The molecule has 0 saturated heterocycles. The predicted octanol–water partition coefficient (Wildman–Crippen LogP) is 2.77. The van der Waals surface area contributed by atoms with Gasteiger partial charge in [0.15, 0.2) is 5.78 Å². The SMILES string of the molecule is O=C(CNC(=O)c1cc(Br)ccc1O)c1ccccc1. The number of carbonyl (C=O) groups excluding carboxylic acids is 2. The number of halogens is 1. The van der Waals surface area contributed by atoms with E-state index in [1.807, 2.05) is 6.07 Å². The molecule has 0 spiro atoms. The topological polar surface area (TPSA) is 66.4 Å². The number of phenols is 1. The fourth-order valence-corrected chi connectivity index (χ4v) is 2.03. The summed E-state index contributed by atoms with van der Waals surface area (Å²) in [5.41, 5.74) is 0.659. The van der Waals surface area contributed by atoms with E-state index in [1.54, 1.807) is 30.3 Å². The molecule has 102 valence electrons. The molecule has 2 aromatic rings. The molecular weight excluding hydrogens is 322 g/mol. The lowest BCUT2D eigenvalue weighted by Crippen LogP contribution is -2.29. The maximum Gasteiger partial charge on any atom is 0.255 e. The number of hydrogen-bond donors (Lipinski definition) is 2. The van der Waals surface area contributed by atoms with Crippen LogP contribution in [-0.2, 0) is 0 Å². The molecular formula is C15H12BrNO3. The van der Waals surface area contributed by atoms with Gasteiger partial charge >= 0.3 is 0 Å². The summed E-state index contributed by atoms with van der Waals surface area (Å²) < 4.78 is 0.676. The van der Waals surface area contributed by atoms with Gasteiger partial charge in [0.25, 0.3) is 5.91 Å². The lowest BCUT2D eigenvalue weighted by atomic mass is 10.1. The molecule has 0 aromatic heterocycles. The molecule has 0 aliphatic heterocycles. The lowest BCUT2D eigenvalue weighted by Gasteiger charge is -2.07. The number of amides is 1. The molecule has 5 heteroatoms. The molecule has 0 atom stereocenters. The van der Waals surface area contributed by atoms with Crippen LogP contribution < -0.4 is 5.32 Å². The second-order valence-corrected chi connectivity index (χ2v) is 5.05. The lowest BCUT2D eigenvalue weighted by molar-refractivity contribution is 0.0902. The van der Waals surface area contributed by atoms with Crippen molar-refractivity contribution in [2.45, 2.75) is 0 Å². The maximum atomic E-state index is 11.9. The second kappa shape index (κ2) is 6.34. The van der Waals surface area contributed by atoms with E-state index in [1.165, 1.54) is 12.1 Å². The van der Waals surface area contributed by atoms with Crippen LogP contribution in [0.2, 0.25) is 0 Å². The Kier molecular flexibility index (Phi) is 4.53. The number of ketones is 1. The number of phenolic OH excluding ortho intramolecular Hbond substituents is 1. The highest BCUT2D eigenvalue weighted by Crippen LogP contribution is 2.21. The van der Waals surface area contributed by atoms with E-state index in [4.69, 9.17) is 0 Å². The Labute approximate surface area is 124 Å². The minimum atomic E-state index is -0.493. The molecule has 0 aliphatic rings. The molecule has 2 rings (SSSR count). The Hall–Kier alpha value is -2.14. The zero-order valence-corrected chi connectivity index (χ0v) is 12.1. The van der Waals surface area contributed by atoms with Gasteiger partial charge in [0.1, 0.15) is 5.75 Å². The largest absolute Gasteiger partial charge is 0.507 e. The molecule has 1 amide bonds. The van der Waals surface area contributed by atoms with Gasteiger partial charge in [-0.25, -0.2) is 0 Å². The van der Waals surface area contributed by atoms with Gasteiger partial charge in [-0.2, -0.15) is 0 Å². The Balaban J connectivity index is 2.02. The number of aromatic hydroxyl groups is 1. The fourth-order valence-electron chi connectivity index (χ4n) is 1.67. The summed E-state index contributed by atoms with van der Waals surface area (Å²) in [6.07, 6.45) is 0. The summed E-state index contributed by atoms with van der Waals surface area (Å²) >= 11 is 3.22. The quantitative estimate of drug-likeness (QED) is 0.845. The average Bonchev–Trinajstić information content (AvgIpc) is 2.47. The van der Waals surface area contributed by atoms with Crippen molar-refractivity contribution < 1.29 is 14.7 Å². The molecule has 4 nitrogen and oxygen atoms in total. The third-order valence-electron chi connectivity index (χ3n) is 2.71. The summed E-state index contributed by atoms with van der Waals surface area (Å²) in [6.45, 7) is -0.116. The summed E-state index contributed by atoms with van der Waals surface area (Å²) in [5.74, 6) is -0.806. The van der Waals surface area contributed by atoms with Gasteiger partial charge in [0.2, 0.25) is 0 Å². The first-order valence-corrected chi connectivity index (χ1v) is 6.72. The first-order chi connectivity index (χ1) is 9.58. The number of hydrogen-bond acceptors (Lipinski definition) is 3. The Morgan fingerprint density at radius 2 is 1.80 bits per heavy atom. The van der Waals surface area contributed by atoms with E-state index < -0.39 is 5.91 Å². The van der Waals surface area contributed by atoms with E-state index in [2.05, 4.69) is 21.2 Å². The summed E-state index contributed by atoms with van der Waals surface area (Å²) in [5, 5.41) is 12.1. The van der Waals surface area contributed by atoms with Crippen LogP contribution in [0.5, 0.6) is 5.75 Å². The molecule has 0 saturated carbocycles. The van der Waals surface area contributed by atoms with Gasteiger partial charge in [-0.1, -0.05) is 46.3 Å². The number of carbonyl (C=O) groups is 2. The second-order valence-electron chi connectivity index (χ2n) is 4.13. The molecule has 2 N–H and O–H groups in total. The molecule has 2 aromatic carbocycles. The predicted molar refractivity (Wildman–Crippen MR) is 78.9 cm³/mol. The standard InChI is InChI=1S/C15H12BrNO3/c16-11-6-7-13(18)12(8-11)15(20)17-9-14(19)10-4-2-1-3-5-10/h1-8,18H,9H2,(H,17,20). The normalized spacial score (nSPS) is 10.1. The molecule has 20 heavy (non-hydrogen) atoms. The van der Waals surface area contributed by atoms with Gasteiger partial charge in [-0.3, -0.25) is 9.59 Å². The minimum absolute atomic E-state index is 0.116. The average molecular weight is 334 g/mol. The summed E-state index contributed by atoms with van der Waals surface area (Å²) in [6, 6.07) is 13.2. The third-order valence-corrected chi connectivity index (χ3v) is 3.20. The summed E-state index contributed by atoms with van der Waals surface area (Å²) in [7, 11) is 0. The van der Waals surface area contributed by atoms with Gasteiger partial charge in [0, 0.05) is 10.0 Å².